The maximum Gasteiger partial charge on any atom is 0.164 e. The zero-order valence-electron chi connectivity index (χ0n) is 24.2. The first-order valence-corrected chi connectivity index (χ1v) is 15.0. The quantitative estimate of drug-likeness (QED) is 0.209. The first kappa shape index (κ1) is 25.4. The van der Waals surface area contributed by atoms with Gasteiger partial charge >= 0.3 is 0 Å². The van der Waals surface area contributed by atoms with Crippen LogP contribution in [0.15, 0.2) is 156 Å². The monoisotopic (exact) mass is 575 g/mol. The van der Waals surface area contributed by atoms with Crippen LogP contribution in [-0.4, -0.2) is 15.0 Å². The third kappa shape index (κ3) is 4.35. The van der Waals surface area contributed by atoms with Crippen LogP contribution in [0.5, 0.6) is 0 Å². The summed E-state index contributed by atoms with van der Waals surface area (Å²) in [6, 6.07) is 52.2. The second-order valence-electron chi connectivity index (χ2n) is 11.3. The molecule has 0 saturated carbocycles. The molecule has 45 heavy (non-hydrogen) atoms. The zero-order valence-corrected chi connectivity index (χ0v) is 24.2. The summed E-state index contributed by atoms with van der Waals surface area (Å²) in [7, 11) is 0. The van der Waals surface area contributed by atoms with E-state index in [1.807, 2.05) is 18.2 Å². The smallest absolute Gasteiger partial charge is 0.164 e. The maximum atomic E-state index is 6.39. The Kier molecular flexibility index (Phi) is 5.78. The molecule has 210 valence electrons. The minimum atomic E-state index is 0.608. The van der Waals surface area contributed by atoms with Crippen LogP contribution in [-0.2, 0) is 0 Å². The third-order valence-electron chi connectivity index (χ3n) is 8.52. The summed E-state index contributed by atoms with van der Waals surface area (Å²) >= 11 is 0. The largest absolute Gasteiger partial charge is 0.456 e. The van der Waals surface area contributed by atoms with Crippen molar-refractivity contribution in [2.45, 2.75) is 0 Å². The lowest BCUT2D eigenvalue weighted by Crippen LogP contribution is -2.01. The number of aromatic nitrogens is 3. The van der Waals surface area contributed by atoms with Crippen LogP contribution in [0, 0.1) is 0 Å². The molecule has 4 nitrogen and oxygen atoms in total. The van der Waals surface area contributed by atoms with E-state index in [2.05, 4.69) is 133 Å². The highest BCUT2D eigenvalue weighted by Crippen LogP contribution is 2.39. The lowest BCUT2D eigenvalue weighted by atomic mass is 10.0. The van der Waals surface area contributed by atoms with Gasteiger partial charge in [-0.15, -0.1) is 0 Å². The van der Waals surface area contributed by atoms with Crippen LogP contribution in [0.3, 0.4) is 0 Å². The predicted octanol–water partition coefficient (Wildman–Crippen LogP) is 10.7. The molecule has 7 aromatic carbocycles. The average molecular weight is 576 g/mol. The fraction of sp³-hybridized carbons (Fsp3) is 0. The highest BCUT2D eigenvalue weighted by molar-refractivity contribution is 6.15. The molecule has 4 heteroatoms. The molecule has 0 unspecified atom stereocenters. The van der Waals surface area contributed by atoms with Crippen molar-refractivity contribution in [3.8, 4) is 45.3 Å². The van der Waals surface area contributed by atoms with E-state index in [0.29, 0.717) is 17.5 Å². The molecule has 9 aromatic rings. The van der Waals surface area contributed by atoms with E-state index in [9.17, 15) is 0 Å². The van der Waals surface area contributed by atoms with Crippen molar-refractivity contribution in [3.63, 3.8) is 0 Å². The van der Waals surface area contributed by atoms with Gasteiger partial charge in [0.25, 0.3) is 0 Å². The lowest BCUT2D eigenvalue weighted by molar-refractivity contribution is 0.669. The summed E-state index contributed by atoms with van der Waals surface area (Å²) in [4.78, 5) is 15.3. The Morgan fingerprint density at radius 1 is 0.356 bits per heavy atom. The second kappa shape index (κ2) is 10.2. The molecular weight excluding hydrogens is 550 g/mol. The van der Waals surface area contributed by atoms with Crippen molar-refractivity contribution >= 4 is 43.5 Å². The fourth-order valence-corrected chi connectivity index (χ4v) is 6.31. The van der Waals surface area contributed by atoms with E-state index >= 15 is 0 Å². The topological polar surface area (TPSA) is 51.8 Å². The third-order valence-corrected chi connectivity index (χ3v) is 8.52. The van der Waals surface area contributed by atoms with Gasteiger partial charge in [0, 0.05) is 27.5 Å². The van der Waals surface area contributed by atoms with E-state index < -0.39 is 0 Å². The van der Waals surface area contributed by atoms with E-state index in [4.69, 9.17) is 19.4 Å². The molecule has 0 fully saturated rings. The molecule has 9 rings (SSSR count). The van der Waals surface area contributed by atoms with Gasteiger partial charge < -0.3 is 4.42 Å². The van der Waals surface area contributed by atoms with Gasteiger partial charge in [0.15, 0.2) is 17.5 Å². The minimum Gasteiger partial charge on any atom is -0.456 e. The van der Waals surface area contributed by atoms with Crippen molar-refractivity contribution in [3.05, 3.63) is 152 Å². The first-order valence-electron chi connectivity index (χ1n) is 15.0. The van der Waals surface area contributed by atoms with Crippen LogP contribution < -0.4 is 0 Å². The Labute approximate surface area is 259 Å². The van der Waals surface area contributed by atoms with Crippen molar-refractivity contribution in [1.82, 2.24) is 15.0 Å². The Morgan fingerprint density at radius 2 is 0.933 bits per heavy atom. The number of nitrogens with zero attached hydrogens (tertiary/aromatic N) is 3. The molecule has 0 aliphatic carbocycles. The number of hydrogen-bond donors (Lipinski definition) is 0. The molecule has 0 amide bonds. The molecule has 2 heterocycles. The van der Waals surface area contributed by atoms with Crippen LogP contribution in [0.1, 0.15) is 0 Å². The molecule has 0 N–H and O–H groups in total. The standard InChI is InChI=1S/C41H25N3O/c1-2-10-26(11-3-1)27-20-22-29(23-21-27)39-42-40(33-17-8-15-28-12-6-7-16-32(28)33)44-41(43-39)34-18-9-19-36-38(34)35-24-30-13-4-5-14-31(30)25-37(35)45-36/h1-25H. The highest BCUT2D eigenvalue weighted by atomic mass is 16.3. The summed E-state index contributed by atoms with van der Waals surface area (Å²) in [5.74, 6) is 1.86. The molecule has 0 saturated heterocycles. The normalized spacial score (nSPS) is 11.6. The molecule has 0 atom stereocenters. The van der Waals surface area contributed by atoms with Crippen LogP contribution in [0.25, 0.3) is 88.8 Å². The Bertz CT molecular complexity index is 2530. The van der Waals surface area contributed by atoms with Gasteiger partial charge in [0.05, 0.1) is 0 Å². The zero-order chi connectivity index (χ0) is 29.7. The Hall–Kier alpha value is -6.13. The summed E-state index contributed by atoms with van der Waals surface area (Å²) in [6.07, 6.45) is 0. The fourth-order valence-electron chi connectivity index (χ4n) is 6.31. The number of rotatable bonds is 4. The molecule has 0 bridgehead atoms. The number of benzene rings is 7. The molecule has 0 spiro atoms. The van der Waals surface area contributed by atoms with Gasteiger partial charge in [0.2, 0.25) is 0 Å². The summed E-state index contributed by atoms with van der Waals surface area (Å²) in [6.45, 7) is 0. The van der Waals surface area contributed by atoms with Crippen molar-refractivity contribution < 1.29 is 4.42 Å². The molecular formula is C41H25N3O. The van der Waals surface area contributed by atoms with Crippen LogP contribution in [0.2, 0.25) is 0 Å². The van der Waals surface area contributed by atoms with Gasteiger partial charge in [-0.1, -0.05) is 133 Å². The van der Waals surface area contributed by atoms with Crippen molar-refractivity contribution in [2.24, 2.45) is 0 Å². The van der Waals surface area contributed by atoms with E-state index in [0.717, 1.165) is 65.7 Å². The highest BCUT2D eigenvalue weighted by Gasteiger charge is 2.19. The maximum absolute atomic E-state index is 6.39. The lowest BCUT2D eigenvalue weighted by Gasteiger charge is -2.11. The van der Waals surface area contributed by atoms with Gasteiger partial charge in [-0.05, 0) is 50.9 Å². The number of fused-ring (bicyclic) bond motifs is 5. The molecule has 0 aliphatic rings. The van der Waals surface area contributed by atoms with E-state index in [1.165, 1.54) is 5.56 Å². The summed E-state index contributed by atoms with van der Waals surface area (Å²) in [5, 5.41) is 6.58. The summed E-state index contributed by atoms with van der Waals surface area (Å²) < 4.78 is 6.39. The Balaban J connectivity index is 1.29. The first-order chi connectivity index (χ1) is 22.3. The average Bonchev–Trinajstić information content (AvgIpc) is 3.48. The van der Waals surface area contributed by atoms with Crippen molar-refractivity contribution in [2.75, 3.05) is 0 Å². The Morgan fingerprint density at radius 3 is 1.76 bits per heavy atom. The van der Waals surface area contributed by atoms with Gasteiger partial charge in [-0.2, -0.15) is 0 Å². The molecule has 0 aliphatic heterocycles. The SMILES string of the molecule is c1ccc(-c2ccc(-c3nc(-c4cccc5ccccc45)nc(-c4cccc5oc6cc7ccccc7cc6c45)n3)cc2)cc1. The van der Waals surface area contributed by atoms with E-state index in [-0.39, 0.29) is 0 Å². The van der Waals surface area contributed by atoms with Crippen LogP contribution >= 0.6 is 0 Å². The minimum absolute atomic E-state index is 0.608. The van der Waals surface area contributed by atoms with Gasteiger partial charge in [0.1, 0.15) is 11.2 Å². The number of furan rings is 1. The number of hydrogen-bond acceptors (Lipinski definition) is 4. The van der Waals surface area contributed by atoms with Crippen LogP contribution in [0.4, 0.5) is 0 Å². The molecule has 2 aromatic heterocycles. The summed E-state index contributed by atoms with van der Waals surface area (Å²) in [5.41, 5.74) is 6.76. The molecule has 0 radical (unpaired) electrons. The second-order valence-corrected chi connectivity index (χ2v) is 11.3. The van der Waals surface area contributed by atoms with Crippen molar-refractivity contribution in [1.29, 1.82) is 0 Å². The van der Waals surface area contributed by atoms with Gasteiger partial charge in [-0.25, -0.2) is 15.0 Å². The predicted molar refractivity (Wildman–Crippen MR) is 184 cm³/mol. The van der Waals surface area contributed by atoms with Gasteiger partial charge in [-0.3, -0.25) is 0 Å². The van der Waals surface area contributed by atoms with E-state index in [1.54, 1.807) is 0 Å².